The number of benzene rings is 2. The highest BCUT2D eigenvalue weighted by molar-refractivity contribution is 7.99. The monoisotopic (exact) mass is 404 g/mol. The second-order valence-corrected chi connectivity index (χ2v) is 7.56. The van der Waals surface area contributed by atoms with Crippen LogP contribution in [0.5, 0.6) is 0 Å². The summed E-state index contributed by atoms with van der Waals surface area (Å²) in [7, 11) is 0. The lowest BCUT2D eigenvalue weighted by molar-refractivity contribution is -0.147. The molecule has 1 fully saturated rings. The number of hydrogen-bond donors (Lipinski definition) is 1. The Balaban J connectivity index is 1.79. The quantitative estimate of drug-likeness (QED) is 0.603. The Morgan fingerprint density at radius 1 is 1.26 bits per heavy atom. The van der Waals surface area contributed by atoms with Gasteiger partial charge in [-0.1, -0.05) is 42.5 Å². The minimum Gasteiger partial charge on any atom is -0.464 e. The van der Waals surface area contributed by atoms with Gasteiger partial charge in [0.05, 0.1) is 6.61 Å². The highest BCUT2D eigenvalue weighted by atomic mass is 32.2. The molecule has 1 aliphatic rings. The first-order valence-electron chi connectivity index (χ1n) is 8.74. The Hall–Kier alpha value is -2.12. The summed E-state index contributed by atoms with van der Waals surface area (Å²) in [5.74, 6) is -0.0212. The lowest BCUT2D eigenvalue weighted by atomic mass is 10.2. The summed E-state index contributed by atoms with van der Waals surface area (Å²) >= 11 is 7.21. The maximum absolute atomic E-state index is 13.3. The normalized spacial score (nSPS) is 19.0. The van der Waals surface area contributed by atoms with E-state index in [0.717, 1.165) is 11.1 Å². The van der Waals surface area contributed by atoms with Crippen molar-refractivity contribution >= 4 is 35.1 Å². The summed E-state index contributed by atoms with van der Waals surface area (Å²) in [5, 5.41) is 3.55. The highest BCUT2D eigenvalue weighted by Gasteiger charge is 2.41. The standard InChI is InChI=1S/C20H21FN2O2S2/c1-2-25-19(24)17-13-27-18(15-8-10-16(21)11-9-15)23(17)20(26)22-12-14-6-4-3-5-7-14/h3-11,17-18H,2,12-13H2,1H3,(H,22,26)/t17-,18?/m0/s1. The lowest BCUT2D eigenvalue weighted by Crippen LogP contribution is -2.48. The molecule has 0 aromatic heterocycles. The lowest BCUT2D eigenvalue weighted by Gasteiger charge is -2.31. The molecule has 1 heterocycles. The summed E-state index contributed by atoms with van der Waals surface area (Å²) < 4.78 is 18.5. The van der Waals surface area contributed by atoms with E-state index in [1.165, 1.54) is 12.1 Å². The number of halogens is 1. The third kappa shape index (κ3) is 4.78. The second-order valence-electron chi connectivity index (χ2n) is 6.06. The van der Waals surface area contributed by atoms with Crippen molar-refractivity contribution in [1.29, 1.82) is 0 Å². The minimum atomic E-state index is -0.472. The van der Waals surface area contributed by atoms with Crippen molar-refractivity contribution in [3.8, 4) is 0 Å². The van der Waals surface area contributed by atoms with Crippen LogP contribution in [-0.4, -0.2) is 34.4 Å². The minimum absolute atomic E-state index is 0.171. The SMILES string of the molecule is CCOC(=O)[C@@H]1CSC(c2ccc(F)cc2)N1C(=S)NCc1ccccc1. The molecule has 2 aromatic carbocycles. The molecule has 2 atom stereocenters. The van der Waals surface area contributed by atoms with Crippen LogP contribution in [0.2, 0.25) is 0 Å². The molecule has 0 aliphatic carbocycles. The van der Waals surface area contributed by atoms with E-state index in [-0.39, 0.29) is 17.2 Å². The van der Waals surface area contributed by atoms with E-state index in [2.05, 4.69) is 5.32 Å². The number of esters is 1. The predicted molar refractivity (Wildman–Crippen MR) is 110 cm³/mol. The number of ether oxygens (including phenoxy) is 1. The smallest absolute Gasteiger partial charge is 0.329 e. The molecule has 0 amide bonds. The molecule has 1 unspecified atom stereocenters. The van der Waals surface area contributed by atoms with E-state index < -0.39 is 6.04 Å². The molecule has 4 nitrogen and oxygen atoms in total. The zero-order chi connectivity index (χ0) is 19.2. The van der Waals surface area contributed by atoms with Gasteiger partial charge in [0.25, 0.3) is 0 Å². The van der Waals surface area contributed by atoms with Crippen LogP contribution >= 0.6 is 24.0 Å². The van der Waals surface area contributed by atoms with E-state index in [1.54, 1.807) is 30.8 Å². The molecule has 0 radical (unpaired) electrons. The van der Waals surface area contributed by atoms with Gasteiger partial charge in [-0.2, -0.15) is 0 Å². The fourth-order valence-electron chi connectivity index (χ4n) is 2.92. The number of rotatable bonds is 5. The predicted octanol–water partition coefficient (Wildman–Crippen LogP) is 3.88. The zero-order valence-corrected chi connectivity index (χ0v) is 16.6. The Bertz CT molecular complexity index is 786. The number of carbonyl (C=O) groups excluding carboxylic acids is 1. The van der Waals surface area contributed by atoms with Gasteiger partial charge in [-0.25, -0.2) is 9.18 Å². The maximum Gasteiger partial charge on any atom is 0.329 e. The van der Waals surface area contributed by atoms with Crippen LogP contribution in [0.3, 0.4) is 0 Å². The highest BCUT2D eigenvalue weighted by Crippen LogP contribution is 2.41. The molecule has 27 heavy (non-hydrogen) atoms. The fraction of sp³-hybridized carbons (Fsp3) is 0.300. The molecule has 1 saturated heterocycles. The third-order valence-corrected chi connectivity index (χ3v) is 5.91. The van der Waals surface area contributed by atoms with Crippen molar-refractivity contribution in [1.82, 2.24) is 10.2 Å². The van der Waals surface area contributed by atoms with Gasteiger partial charge in [0.1, 0.15) is 17.2 Å². The van der Waals surface area contributed by atoms with Crippen LogP contribution in [0.4, 0.5) is 4.39 Å². The maximum atomic E-state index is 13.3. The van der Waals surface area contributed by atoms with Crippen LogP contribution in [0, 0.1) is 5.82 Å². The molecule has 2 aromatic rings. The summed E-state index contributed by atoms with van der Waals surface area (Å²) in [6.07, 6.45) is 0. The van der Waals surface area contributed by atoms with Crippen LogP contribution in [0.1, 0.15) is 23.4 Å². The number of nitrogens with zero attached hydrogens (tertiary/aromatic N) is 1. The number of thioether (sulfide) groups is 1. The van der Waals surface area contributed by atoms with Gasteiger partial charge in [0, 0.05) is 12.3 Å². The Labute approximate surface area is 168 Å². The average molecular weight is 405 g/mol. The van der Waals surface area contributed by atoms with Crippen molar-refractivity contribution in [2.45, 2.75) is 24.9 Å². The Morgan fingerprint density at radius 3 is 2.63 bits per heavy atom. The first kappa shape index (κ1) is 19.6. The van der Waals surface area contributed by atoms with Gasteiger partial charge in [0.15, 0.2) is 5.11 Å². The van der Waals surface area contributed by atoms with Gasteiger partial charge in [-0.05, 0) is 42.4 Å². The molecule has 0 spiro atoms. The van der Waals surface area contributed by atoms with E-state index in [9.17, 15) is 9.18 Å². The largest absolute Gasteiger partial charge is 0.464 e. The van der Waals surface area contributed by atoms with E-state index in [1.807, 2.05) is 35.2 Å². The molecule has 0 saturated carbocycles. The molecule has 7 heteroatoms. The molecule has 1 N–H and O–H groups in total. The molecule has 0 bridgehead atoms. The number of nitrogens with one attached hydrogen (secondary N) is 1. The van der Waals surface area contributed by atoms with E-state index in [4.69, 9.17) is 17.0 Å². The van der Waals surface area contributed by atoms with Crippen molar-refractivity contribution in [2.24, 2.45) is 0 Å². The van der Waals surface area contributed by atoms with Crippen LogP contribution in [-0.2, 0) is 16.1 Å². The number of thiocarbonyl (C=S) groups is 1. The second kappa shape index (κ2) is 9.19. The Kier molecular flexibility index (Phi) is 6.68. The van der Waals surface area contributed by atoms with Crippen molar-refractivity contribution in [3.63, 3.8) is 0 Å². The molecular weight excluding hydrogens is 383 g/mol. The average Bonchev–Trinajstić information content (AvgIpc) is 3.13. The Morgan fingerprint density at radius 2 is 1.96 bits per heavy atom. The van der Waals surface area contributed by atoms with Crippen LogP contribution in [0.25, 0.3) is 0 Å². The summed E-state index contributed by atoms with van der Waals surface area (Å²) in [5.41, 5.74) is 2.00. The van der Waals surface area contributed by atoms with E-state index >= 15 is 0 Å². The van der Waals surface area contributed by atoms with Gasteiger partial charge in [-0.3, -0.25) is 0 Å². The molecule has 3 rings (SSSR count). The van der Waals surface area contributed by atoms with Crippen LogP contribution < -0.4 is 5.32 Å². The molecule has 142 valence electrons. The van der Waals surface area contributed by atoms with Gasteiger partial charge < -0.3 is 15.0 Å². The topological polar surface area (TPSA) is 41.6 Å². The fourth-order valence-corrected chi connectivity index (χ4v) is 4.72. The van der Waals surface area contributed by atoms with Gasteiger partial charge >= 0.3 is 5.97 Å². The first-order chi connectivity index (χ1) is 13.1. The van der Waals surface area contributed by atoms with Crippen LogP contribution in [0.15, 0.2) is 54.6 Å². The number of carbonyl (C=O) groups is 1. The molecular formula is C20H21FN2O2S2. The van der Waals surface area contributed by atoms with Crippen molar-refractivity contribution in [2.75, 3.05) is 12.4 Å². The van der Waals surface area contributed by atoms with Gasteiger partial charge in [0.2, 0.25) is 0 Å². The van der Waals surface area contributed by atoms with Crippen molar-refractivity contribution in [3.05, 3.63) is 71.5 Å². The number of hydrogen-bond acceptors (Lipinski definition) is 4. The zero-order valence-electron chi connectivity index (χ0n) is 14.9. The summed E-state index contributed by atoms with van der Waals surface area (Å²) in [6, 6.07) is 15.7. The molecule has 1 aliphatic heterocycles. The first-order valence-corrected chi connectivity index (χ1v) is 10.2. The van der Waals surface area contributed by atoms with E-state index in [0.29, 0.717) is 24.0 Å². The third-order valence-electron chi connectivity index (χ3n) is 4.24. The van der Waals surface area contributed by atoms with Gasteiger partial charge in [-0.15, -0.1) is 11.8 Å². The summed E-state index contributed by atoms with van der Waals surface area (Å²) in [4.78, 5) is 14.3. The summed E-state index contributed by atoms with van der Waals surface area (Å²) in [6.45, 7) is 2.67. The van der Waals surface area contributed by atoms with Crippen molar-refractivity contribution < 1.29 is 13.9 Å².